The number of nitrogens with two attached hydrogens (primary N) is 1. The minimum atomic E-state index is 0.0745. The molecule has 0 aliphatic heterocycles. The molecule has 1 heterocycles. The first-order valence-corrected chi connectivity index (χ1v) is 5.83. The average Bonchev–Trinajstić information content (AvgIpc) is 2.98. The fourth-order valence-electron chi connectivity index (χ4n) is 1.94. The van der Waals surface area contributed by atoms with Gasteiger partial charge in [-0.2, -0.15) is 0 Å². The number of hydrogen-bond donors (Lipinski definition) is 1. The number of hydrogen-bond acceptors (Lipinski definition) is 2. The molecule has 4 heteroatoms. The quantitative estimate of drug-likeness (QED) is 0.839. The van der Waals surface area contributed by atoms with E-state index in [2.05, 4.69) is 0 Å². The highest BCUT2D eigenvalue weighted by molar-refractivity contribution is 5.93. The molecule has 1 saturated carbocycles. The Labute approximate surface area is 96.0 Å². The zero-order valence-electron chi connectivity index (χ0n) is 9.94. The van der Waals surface area contributed by atoms with Gasteiger partial charge in [-0.1, -0.05) is 0 Å². The van der Waals surface area contributed by atoms with Crippen molar-refractivity contribution in [2.75, 3.05) is 19.3 Å². The van der Waals surface area contributed by atoms with Crippen molar-refractivity contribution in [1.82, 2.24) is 9.47 Å². The van der Waals surface area contributed by atoms with Crippen LogP contribution < -0.4 is 5.73 Å². The third-order valence-electron chi connectivity index (χ3n) is 3.05. The Morgan fingerprint density at radius 3 is 2.88 bits per heavy atom. The van der Waals surface area contributed by atoms with E-state index in [1.165, 1.54) is 12.8 Å². The van der Waals surface area contributed by atoms with Crippen molar-refractivity contribution >= 4 is 11.6 Å². The van der Waals surface area contributed by atoms with E-state index >= 15 is 0 Å². The predicted molar refractivity (Wildman–Crippen MR) is 64.2 cm³/mol. The SMILES string of the molecule is CCn1cc(N)cc1C(=O)N(C)CC1CC1. The van der Waals surface area contributed by atoms with E-state index in [1.807, 2.05) is 24.7 Å². The molecule has 1 aliphatic carbocycles. The first-order valence-electron chi connectivity index (χ1n) is 5.83. The van der Waals surface area contributed by atoms with Gasteiger partial charge in [0, 0.05) is 26.3 Å². The Hall–Kier alpha value is -1.45. The second kappa shape index (κ2) is 4.20. The van der Waals surface area contributed by atoms with Gasteiger partial charge in [0.2, 0.25) is 0 Å². The summed E-state index contributed by atoms with van der Waals surface area (Å²) in [5, 5.41) is 0. The van der Waals surface area contributed by atoms with Crippen LogP contribution in [-0.4, -0.2) is 29.0 Å². The predicted octanol–water partition coefficient (Wildman–Crippen LogP) is 1.57. The van der Waals surface area contributed by atoms with E-state index in [9.17, 15) is 4.79 Å². The molecule has 2 N–H and O–H groups in total. The van der Waals surface area contributed by atoms with Crippen LogP contribution in [0.15, 0.2) is 12.3 Å². The lowest BCUT2D eigenvalue weighted by molar-refractivity contribution is 0.0778. The van der Waals surface area contributed by atoms with E-state index in [4.69, 9.17) is 5.73 Å². The van der Waals surface area contributed by atoms with Crippen LogP contribution in [0.3, 0.4) is 0 Å². The Kier molecular flexibility index (Phi) is 2.90. The van der Waals surface area contributed by atoms with Crippen LogP contribution in [0.4, 0.5) is 5.69 Å². The first-order chi connectivity index (χ1) is 7.61. The van der Waals surface area contributed by atoms with Gasteiger partial charge >= 0.3 is 0 Å². The molecule has 0 saturated heterocycles. The van der Waals surface area contributed by atoms with Gasteiger partial charge in [0.25, 0.3) is 5.91 Å². The summed E-state index contributed by atoms with van der Waals surface area (Å²) in [7, 11) is 1.86. The number of aryl methyl sites for hydroxylation is 1. The molecule has 0 spiro atoms. The van der Waals surface area contributed by atoms with Crippen molar-refractivity contribution < 1.29 is 4.79 Å². The summed E-state index contributed by atoms with van der Waals surface area (Å²) in [4.78, 5) is 14.0. The maximum atomic E-state index is 12.2. The minimum absolute atomic E-state index is 0.0745. The number of anilines is 1. The fourth-order valence-corrected chi connectivity index (χ4v) is 1.94. The van der Waals surface area contributed by atoms with Crippen molar-refractivity contribution in [3.63, 3.8) is 0 Å². The van der Waals surface area contributed by atoms with Crippen molar-refractivity contribution in [2.45, 2.75) is 26.3 Å². The van der Waals surface area contributed by atoms with Gasteiger partial charge in [0.1, 0.15) is 5.69 Å². The smallest absolute Gasteiger partial charge is 0.270 e. The number of nitrogen functional groups attached to an aromatic ring is 1. The van der Waals surface area contributed by atoms with Gasteiger partial charge in [0.15, 0.2) is 0 Å². The van der Waals surface area contributed by atoms with Gasteiger partial charge < -0.3 is 15.2 Å². The molecule has 2 rings (SSSR count). The number of carbonyl (C=O) groups is 1. The highest BCUT2D eigenvalue weighted by atomic mass is 16.2. The first kappa shape index (κ1) is 11.0. The van der Waals surface area contributed by atoms with E-state index in [-0.39, 0.29) is 5.91 Å². The van der Waals surface area contributed by atoms with Crippen LogP contribution in [0, 0.1) is 5.92 Å². The fraction of sp³-hybridized carbons (Fsp3) is 0.583. The van der Waals surface area contributed by atoms with E-state index in [1.54, 1.807) is 11.0 Å². The number of aromatic nitrogens is 1. The monoisotopic (exact) mass is 221 g/mol. The van der Waals surface area contributed by atoms with Crippen LogP contribution in [0.1, 0.15) is 30.3 Å². The molecular formula is C12H19N3O. The number of carbonyl (C=O) groups excluding carboxylic acids is 1. The number of amides is 1. The molecule has 16 heavy (non-hydrogen) atoms. The van der Waals surface area contributed by atoms with E-state index < -0.39 is 0 Å². The molecule has 1 aliphatic rings. The largest absolute Gasteiger partial charge is 0.397 e. The maximum Gasteiger partial charge on any atom is 0.270 e. The summed E-state index contributed by atoms with van der Waals surface area (Å²) in [6, 6.07) is 1.76. The molecule has 0 atom stereocenters. The molecule has 1 aromatic heterocycles. The molecule has 1 fully saturated rings. The zero-order valence-corrected chi connectivity index (χ0v) is 9.94. The van der Waals surface area contributed by atoms with Crippen LogP contribution in [0.25, 0.3) is 0 Å². The van der Waals surface area contributed by atoms with E-state index in [0.717, 1.165) is 19.0 Å². The van der Waals surface area contributed by atoms with Crippen LogP contribution >= 0.6 is 0 Å². The third kappa shape index (κ3) is 2.21. The molecule has 0 unspecified atom stereocenters. The topological polar surface area (TPSA) is 51.3 Å². The van der Waals surface area contributed by atoms with Crippen molar-refractivity contribution in [3.8, 4) is 0 Å². The van der Waals surface area contributed by atoms with Gasteiger partial charge in [-0.3, -0.25) is 4.79 Å². The second-order valence-electron chi connectivity index (χ2n) is 4.57. The van der Waals surface area contributed by atoms with Crippen LogP contribution in [0.5, 0.6) is 0 Å². The molecule has 0 aromatic carbocycles. The minimum Gasteiger partial charge on any atom is -0.397 e. The van der Waals surface area contributed by atoms with Crippen LogP contribution in [-0.2, 0) is 6.54 Å². The van der Waals surface area contributed by atoms with Gasteiger partial charge in [0.05, 0.1) is 5.69 Å². The second-order valence-corrected chi connectivity index (χ2v) is 4.57. The molecule has 1 amide bonds. The van der Waals surface area contributed by atoms with Crippen molar-refractivity contribution in [3.05, 3.63) is 18.0 Å². The number of nitrogens with zero attached hydrogens (tertiary/aromatic N) is 2. The average molecular weight is 221 g/mol. The normalized spacial score (nSPS) is 15.1. The molecule has 4 nitrogen and oxygen atoms in total. The van der Waals surface area contributed by atoms with Gasteiger partial charge in [-0.05, 0) is 31.7 Å². The summed E-state index contributed by atoms with van der Waals surface area (Å²) in [5.41, 5.74) is 7.07. The summed E-state index contributed by atoms with van der Waals surface area (Å²) in [6.45, 7) is 3.65. The van der Waals surface area contributed by atoms with E-state index in [0.29, 0.717) is 11.4 Å². The lowest BCUT2D eigenvalue weighted by Gasteiger charge is -2.17. The van der Waals surface area contributed by atoms with Gasteiger partial charge in [-0.15, -0.1) is 0 Å². The summed E-state index contributed by atoms with van der Waals surface area (Å²) >= 11 is 0. The Morgan fingerprint density at radius 2 is 2.31 bits per heavy atom. The molecule has 88 valence electrons. The van der Waals surface area contributed by atoms with Crippen molar-refractivity contribution in [2.24, 2.45) is 5.92 Å². The Morgan fingerprint density at radius 1 is 1.62 bits per heavy atom. The standard InChI is InChI=1S/C12H19N3O/c1-3-15-8-10(13)6-11(15)12(16)14(2)7-9-4-5-9/h6,8-9H,3-5,7,13H2,1-2H3. The maximum absolute atomic E-state index is 12.2. The molecular weight excluding hydrogens is 202 g/mol. The lowest BCUT2D eigenvalue weighted by Crippen LogP contribution is -2.30. The summed E-state index contributed by atoms with van der Waals surface area (Å²) in [5.74, 6) is 0.793. The van der Waals surface area contributed by atoms with Crippen LogP contribution in [0.2, 0.25) is 0 Å². The number of rotatable bonds is 4. The highest BCUT2D eigenvalue weighted by Crippen LogP contribution is 2.29. The molecule has 1 aromatic rings. The molecule has 0 bridgehead atoms. The van der Waals surface area contributed by atoms with Crippen molar-refractivity contribution in [1.29, 1.82) is 0 Å². The van der Waals surface area contributed by atoms with Gasteiger partial charge in [-0.25, -0.2) is 0 Å². The highest BCUT2D eigenvalue weighted by Gasteiger charge is 2.26. The third-order valence-corrected chi connectivity index (χ3v) is 3.05. The lowest BCUT2D eigenvalue weighted by atomic mass is 10.3. The Bertz CT molecular complexity index is 393. The Balaban J connectivity index is 2.11. The summed E-state index contributed by atoms with van der Waals surface area (Å²) in [6.07, 6.45) is 4.33. The zero-order chi connectivity index (χ0) is 11.7. The molecule has 0 radical (unpaired) electrons. The summed E-state index contributed by atoms with van der Waals surface area (Å²) < 4.78 is 1.90.